The molecule has 0 rings (SSSR count). The monoisotopic (exact) mass is 150 g/mol. The van der Waals surface area contributed by atoms with E-state index >= 15 is 0 Å². The van der Waals surface area contributed by atoms with Crippen LogP contribution in [-0.4, -0.2) is 11.9 Å². The van der Waals surface area contributed by atoms with E-state index < -0.39 is 11.9 Å². The van der Waals surface area contributed by atoms with Crippen molar-refractivity contribution in [1.82, 2.24) is 0 Å². The average Bonchev–Trinajstić information content (AvgIpc) is 1.84. The summed E-state index contributed by atoms with van der Waals surface area (Å²) in [6.45, 7) is 0. The largest absolute Gasteiger partial charge is 1.00 e. The van der Waals surface area contributed by atoms with Crippen molar-refractivity contribution < 1.29 is 59.5 Å². The van der Waals surface area contributed by atoms with Crippen LogP contribution in [0.25, 0.3) is 0 Å². The second kappa shape index (κ2) is 5.93. The van der Waals surface area contributed by atoms with Crippen molar-refractivity contribution in [1.29, 1.82) is 0 Å². The average molecular weight is 150 g/mol. The fourth-order valence-electron chi connectivity index (χ4n) is 0.0630. The van der Waals surface area contributed by atoms with Crippen molar-refractivity contribution in [2.45, 2.75) is 0 Å². The Labute approximate surface area is 71.7 Å². The van der Waals surface area contributed by atoms with Crippen molar-refractivity contribution in [2.75, 3.05) is 0 Å². The molecule has 9 heavy (non-hydrogen) atoms. The number of halogens is 2. The van der Waals surface area contributed by atoms with Crippen LogP contribution in [0, 0.1) is 0 Å². The number of carbonyl (C=O) groups excluding carboxylic acids is 2. The Hall–Kier alpha value is -0.200. The fourth-order valence-corrected chi connectivity index (χ4v) is 0.0630. The van der Waals surface area contributed by atoms with Crippen molar-refractivity contribution in [2.24, 2.45) is 0 Å². The Kier molecular flexibility index (Phi) is 7.63. The molecule has 0 saturated carbocycles. The van der Waals surface area contributed by atoms with Gasteiger partial charge in [0.15, 0.2) is 0 Å². The topological polar surface area (TPSA) is 52.6 Å². The third kappa shape index (κ3) is 4.31. The molecule has 0 unspecified atom stereocenters. The molecule has 0 atom stereocenters. The van der Waals surface area contributed by atoms with E-state index in [1.807, 2.05) is 0 Å². The standard InChI is InChI=1S/C2F2O4.Na.H/c3-7-1(5)2(6)8-4;;/q;+1;-1. The van der Waals surface area contributed by atoms with Crippen LogP contribution in [0.4, 0.5) is 9.05 Å². The number of hydrogen-bond donors (Lipinski definition) is 0. The van der Waals surface area contributed by atoms with Crippen molar-refractivity contribution >= 4 is 11.9 Å². The molecular weight excluding hydrogens is 149 g/mol. The number of rotatable bonds is 0. The van der Waals surface area contributed by atoms with Gasteiger partial charge in [-0.05, 0) is 0 Å². The Morgan fingerprint density at radius 3 is 1.44 bits per heavy atom. The van der Waals surface area contributed by atoms with Gasteiger partial charge in [0.1, 0.15) is 0 Å². The first-order chi connectivity index (χ1) is 3.72. The molecule has 48 valence electrons. The van der Waals surface area contributed by atoms with Crippen LogP contribution < -0.4 is 29.6 Å². The van der Waals surface area contributed by atoms with Gasteiger partial charge in [0.2, 0.25) is 0 Å². The Morgan fingerprint density at radius 1 is 1.11 bits per heavy atom. The smallest absolute Gasteiger partial charge is 1.00 e. The van der Waals surface area contributed by atoms with Gasteiger partial charge >= 0.3 is 41.5 Å². The minimum absolute atomic E-state index is 0. The molecule has 0 aromatic carbocycles. The Balaban J connectivity index is -0.000000245. The molecule has 0 spiro atoms. The van der Waals surface area contributed by atoms with Gasteiger partial charge in [-0.1, -0.05) is 0 Å². The van der Waals surface area contributed by atoms with Gasteiger partial charge in [0.05, 0.1) is 0 Å². The summed E-state index contributed by atoms with van der Waals surface area (Å²) in [7, 11) is 0. The summed E-state index contributed by atoms with van der Waals surface area (Å²) in [6.07, 6.45) is 0. The van der Waals surface area contributed by atoms with Crippen LogP contribution in [0.2, 0.25) is 0 Å². The maximum Gasteiger partial charge on any atom is 1.00 e. The first kappa shape index (κ1) is 11.6. The zero-order chi connectivity index (χ0) is 6.57. The van der Waals surface area contributed by atoms with Gasteiger partial charge < -0.3 is 1.43 Å². The van der Waals surface area contributed by atoms with E-state index in [0.717, 1.165) is 0 Å². The third-order valence-electron chi connectivity index (χ3n) is 0.307. The summed E-state index contributed by atoms with van der Waals surface area (Å²) in [4.78, 5) is 23.4. The summed E-state index contributed by atoms with van der Waals surface area (Å²) >= 11 is 0. The van der Waals surface area contributed by atoms with Gasteiger partial charge in [0.25, 0.3) is 0 Å². The first-order valence-electron chi connectivity index (χ1n) is 1.38. The summed E-state index contributed by atoms with van der Waals surface area (Å²) in [5.74, 6) is -4.04. The van der Waals surface area contributed by atoms with Crippen molar-refractivity contribution in [3.05, 3.63) is 0 Å². The number of carbonyl (C=O) groups is 2. The SMILES string of the molecule is O=C(OF)C(=O)OF.[H-].[Na+]. The predicted octanol–water partition coefficient (Wildman–Crippen LogP) is -3.04. The molecule has 0 amide bonds. The predicted molar refractivity (Wildman–Crippen MR) is 15.5 cm³/mol. The molecule has 0 saturated heterocycles. The normalized spacial score (nSPS) is 6.89. The molecule has 0 aliphatic rings. The summed E-state index contributed by atoms with van der Waals surface area (Å²) in [5, 5.41) is 0. The zero-order valence-electron chi connectivity index (χ0n) is 5.39. The molecule has 0 fully saturated rings. The molecule has 0 aromatic heterocycles. The van der Waals surface area contributed by atoms with Gasteiger partial charge in [-0.3, -0.25) is 0 Å². The molecular formula is C2HF2NaO4. The quantitative estimate of drug-likeness (QED) is 0.272. The van der Waals surface area contributed by atoms with Crippen molar-refractivity contribution in [3.8, 4) is 0 Å². The molecule has 0 aliphatic heterocycles. The molecule has 0 heterocycles. The van der Waals surface area contributed by atoms with Gasteiger partial charge in [-0.15, -0.1) is 0 Å². The van der Waals surface area contributed by atoms with E-state index in [1.165, 1.54) is 0 Å². The third-order valence-corrected chi connectivity index (χ3v) is 0.307. The second-order valence-corrected chi connectivity index (χ2v) is 0.729. The van der Waals surface area contributed by atoms with E-state index in [1.54, 1.807) is 0 Å². The zero-order valence-corrected chi connectivity index (χ0v) is 6.39. The van der Waals surface area contributed by atoms with Gasteiger partial charge in [0, 0.05) is 9.05 Å². The maximum atomic E-state index is 10.5. The Bertz CT molecular complexity index is 106. The van der Waals surface area contributed by atoms with Gasteiger partial charge in [-0.25, -0.2) is 19.5 Å². The summed E-state index contributed by atoms with van der Waals surface area (Å²) < 4.78 is 21.0. The van der Waals surface area contributed by atoms with E-state index in [9.17, 15) is 18.6 Å². The van der Waals surface area contributed by atoms with Crippen LogP contribution in [0.15, 0.2) is 0 Å². The molecule has 0 aliphatic carbocycles. The Morgan fingerprint density at radius 2 is 1.33 bits per heavy atom. The van der Waals surface area contributed by atoms with Crippen LogP contribution in [0.3, 0.4) is 0 Å². The van der Waals surface area contributed by atoms with E-state index in [-0.39, 0.29) is 31.0 Å². The van der Waals surface area contributed by atoms with E-state index in [4.69, 9.17) is 0 Å². The molecule has 0 N–H and O–H groups in total. The second-order valence-electron chi connectivity index (χ2n) is 0.729. The van der Waals surface area contributed by atoms with E-state index in [2.05, 4.69) is 9.88 Å². The molecule has 0 radical (unpaired) electrons. The van der Waals surface area contributed by atoms with E-state index in [0.29, 0.717) is 0 Å². The summed E-state index contributed by atoms with van der Waals surface area (Å²) in [6, 6.07) is 0. The van der Waals surface area contributed by atoms with Crippen LogP contribution in [-0.2, 0) is 19.5 Å². The minimum Gasteiger partial charge on any atom is -1.00 e. The number of hydrogen-bond acceptors (Lipinski definition) is 4. The fraction of sp³-hybridized carbons (Fsp3) is 0. The van der Waals surface area contributed by atoms with Crippen LogP contribution in [0.5, 0.6) is 0 Å². The molecule has 4 nitrogen and oxygen atoms in total. The first-order valence-corrected chi connectivity index (χ1v) is 1.38. The molecule has 0 aromatic rings. The molecule has 0 bridgehead atoms. The van der Waals surface area contributed by atoms with Crippen LogP contribution >= 0.6 is 0 Å². The minimum atomic E-state index is -2.02. The van der Waals surface area contributed by atoms with Crippen molar-refractivity contribution in [3.63, 3.8) is 0 Å². The maximum absolute atomic E-state index is 10.5. The summed E-state index contributed by atoms with van der Waals surface area (Å²) in [5.41, 5.74) is 0. The molecule has 7 heteroatoms. The van der Waals surface area contributed by atoms with Gasteiger partial charge in [-0.2, -0.15) is 0 Å². The van der Waals surface area contributed by atoms with Crippen LogP contribution in [0.1, 0.15) is 1.43 Å².